The maximum absolute atomic E-state index is 11.3. The van der Waals surface area contributed by atoms with Crippen molar-refractivity contribution in [1.29, 1.82) is 0 Å². The molecule has 95 valence electrons. The molecule has 4 nitrogen and oxygen atoms in total. The van der Waals surface area contributed by atoms with E-state index in [2.05, 4.69) is 17.4 Å². The van der Waals surface area contributed by atoms with Gasteiger partial charge in [0.15, 0.2) is 0 Å². The Balaban J connectivity index is 0. The van der Waals surface area contributed by atoms with E-state index in [1.165, 1.54) is 7.05 Å². The van der Waals surface area contributed by atoms with Crippen molar-refractivity contribution < 1.29 is 42.0 Å². The Labute approximate surface area is 129 Å². The number of hydrogen-bond donors (Lipinski definition) is 0. The maximum Gasteiger partial charge on any atom is 0.133 e. The summed E-state index contributed by atoms with van der Waals surface area (Å²) in [6.45, 7) is 10.6. The number of carbonyl (C=O) groups is 1. The van der Waals surface area contributed by atoms with Crippen LogP contribution in [0.5, 0.6) is 0 Å². The summed E-state index contributed by atoms with van der Waals surface area (Å²) in [6, 6.07) is 1.85. The number of nitrogens with zero attached hydrogens (tertiary/aromatic N) is 2. The summed E-state index contributed by atoms with van der Waals surface area (Å²) < 4.78 is 4.96. The summed E-state index contributed by atoms with van der Waals surface area (Å²) in [5.74, 6) is 0.561. The summed E-state index contributed by atoms with van der Waals surface area (Å²) in [7, 11) is 1.51. The number of aromatic nitrogens is 1. The zero-order valence-corrected chi connectivity index (χ0v) is 14.1. The normalized spacial score (nSPS) is 12.6. The first-order valence-corrected chi connectivity index (χ1v) is 5.34. The number of rotatable bonds is 3. The second kappa shape index (κ2) is 9.78. The van der Waals surface area contributed by atoms with Gasteiger partial charge in [-0.3, -0.25) is 0 Å². The Hall–Kier alpha value is -0.216. The van der Waals surface area contributed by atoms with E-state index >= 15 is 0 Å². The smallest absolute Gasteiger partial charge is 0.133 e. The number of aryl methyl sites for hydroxylation is 1. The largest absolute Gasteiger partial charge is 0.656 e. The summed E-state index contributed by atoms with van der Waals surface area (Å²) in [5.41, 5.74) is 0.812. The molecular formula is C12H20N2O2Y-2. The molecule has 0 aliphatic carbocycles. The van der Waals surface area contributed by atoms with Gasteiger partial charge in [-0.2, -0.15) is 6.92 Å². The van der Waals surface area contributed by atoms with E-state index in [-0.39, 0.29) is 50.5 Å². The molecule has 0 aromatic carbocycles. The van der Waals surface area contributed by atoms with Crippen LogP contribution in [0.3, 0.4) is 0 Å². The van der Waals surface area contributed by atoms with Crippen LogP contribution in [0, 0.1) is 19.8 Å². The molecule has 1 amide bonds. The van der Waals surface area contributed by atoms with E-state index in [1.54, 1.807) is 6.92 Å². The molecule has 1 aromatic rings. The van der Waals surface area contributed by atoms with Gasteiger partial charge in [-0.1, -0.05) is 19.0 Å². The van der Waals surface area contributed by atoms with E-state index in [4.69, 9.17) is 4.52 Å². The van der Waals surface area contributed by atoms with Crippen LogP contribution in [0.4, 0.5) is 0 Å². The van der Waals surface area contributed by atoms with E-state index in [1.807, 2.05) is 26.8 Å². The van der Waals surface area contributed by atoms with Gasteiger partial charge in [0.05, 0.1) is 11.6 Å². The van der Waals surface area contributed by atoms with Crippen LogP contribution in [0.15, 0.2) is 10.6 Å². The predicted molar refractivity (Wildman–Crippen MR) is 64.1 cm³/mol. The average Bonchev–Trinajstić information content (AvgIpc) is 2.75. The van der Waals surface area contributed by atoms with Crippen molar-refractivity contribution in [3.8, 4) is 0 Å². The van der Waals surface area contributed by atoms with Gasteiger partial charge in [-0.15, -0.1) is 7.05 Å². The molecule has 0 aliphatic rings. The Bertz CT molecular complexity index is 326. The van der Waals surface area contributed by atoms with Gasteiger partial charge < -0.3 is 21.6 Å². The zero-order valence-electron chi connectivity index (χ0n) is 11.2. The molecule has 5 heteroatoms. The monoisotopic (exact) mass is 313 g/mol. The summed E-state index contributed by atoms with van der Waals surface area (Å²) in [5, 5.41) is 7.53. The third kappa shape index (κ3) is 5.78. The SMILES string of the molecule is C[N-]C(=O)C(C)C(C)c1cc(C)on1.[CH2-]C.[Y]. The first-order valence-electron chi connectivity index (χ1n) is 5.34. The van der Waals surface area contributed by atoms with Gasteiger partial charge in [-0.25, -0.2) is 0 Å². The third-order valence-corrected chi connectivity index (χ3v) is 2.47. The van der Waals surface area contributed by atoms with E-state index in [0.717, 1.165) is 11.5 Å². The third-order valence-electron chi connectivity index (χ3n) is 2.47. The van der Waals surface area contributed by atoms with Gasteiger partial charge in [0, 0.05) is 50.6 Å². The van der Waals surface area contributed by atoms with Crippen LogP contribution in [0.1, 0.15) is 38.1 Å². The van der Waals surface area contributed by atoms with E-state index < -0.39 is 0 Å². The molecule has 0 saturated carbocycles. The van der Waals surface area contributed by atoms with Gasteiger partial charge >= 0.3 is 0 Å². The molecule has 1 radical (unpaired) electrons. The van der Waals surface area contributed by atoms with Crippen molar-refractivity contribution in [3.63, 3.8) is 0 Å². The van der Waals surface area contributed by atoms with E-state index in [0.29, 0.717) is 0 Å². The molecule has 0 fully saturated rings. The van der Waals surface area contributed by atoms with Crippen molar-refractivity contribution in [3.05, 3.63) is 29.8 Å². The van der Waals surface area contributed by atoms with Crippen LogP contribution >= 0.6 is 0 Å². The average molecular weight is 313 g/mol. The minimum Gasteiger partial charge on any atom is -0.656 e. The first kappa shape index (κ1) is 19.1. The molecular weight excluding hydrogens is 293 g/mol. The summed E-state index contributed by atoms with van der Waals surface area (Å²) in [4.78, 5) is 11.3. The van der Waals surface area contributed by atoms with Crippen LogP contribution in [0.2, 0.25) is 0 Å². The molecule has 0 N–H and O–H groups in total. The fourth-order valence-corrected chi connectivity index (χ4v) is 1.27. The standard InChI is InChI=1S/C10H16N2O2.C2H5.Y/c1-6-5-9(12-14-6)7(2)8(3)10(13)11-4;1-2;/h5,7-8H,1-4H3,(H,11,13);1H2,2H3;/q;-1;/p-1. The van der Waals surface area contributed by atoms with Crippen LogP contribution in [-0.4, -0.2) is 18.1 Å². The Morgan fingerprint density at radius 3 is 2.35 bits per heavy atom. The van der Waals surface area contributed by atoms with Crippen LogP contribution in [0.25, 0.3) is 5.32 Å². The predicted octanol–water partition coefficient (Wildman–Crippen LogP) is 3.09. The molecule has 17 heavy (non-hydrogen) atoms. The van der Waals surface area contributed by atoms with Crippen LogP contribution in [-0.2, 0) is 37.5 Å². The molecule has 0 spiro atoms. The number of amides is 1. The quantitative estimate of drug-likeness (QED) is 0.806. The van der Waals surface area contributed by atoms with Gasteiger partial charge in [0.1, 0.15) is 5.76 Å². The number of carbonyl (C=O) groups excluding carboxylic acids is 1. The van der Waals surface area contributed by atoms with Gasteiger partial charge in [0.2, 0.25) is 0 Å². The Kier molecular flexibility index (Phi) is 11.0. The second-order valence-corrected chi connectivity index (χ2v) is 3.50. The Morgan fingerprint density at radius 1 is 1.47 bits per heavy atom. The van der Waals surface area contributed by atoms with Crippen molar-refractivity contribution in [2.75, 3.05) is 7.05 Å². The Morgan fingerprint density at radius 2 is 2.00 bits per heavy atom. The molecule has 1 heterocycles. The molecule has 1 rings (SSSR count). The molecule has 0 aliphatic heterocycles. The minimum absolute atomic E-state index is 0. The second-order valence-electron chi connectivity index (χ2n) is 3.50. The van der Waals surface area contributed by atoms with Gasteiger partial charge in [-0.05, 0) is 6.92 Å². The molecule has 0 bridgehead atoms. The molecule has 1 aromatic heterocycles. The van der Waals surface area contributed by atoms with Crippen LogP contribution < -0.4 is 0 Å². The fraction of sp³-hybridized carbons (Fsp3) is 0.583. The zero-order chi connectivity index (χ0) is 12.7. The molecule has 2 atom stereocenters. The first-order chi connectivity index (χ1) is 7.56. The summed E-state index contributed by atoms with van der Waals surface area (Å²) in [6.07, 6.45) is 0. The fourth-order valence-electron chi connectivity index (χ4n) is 1.27. The molecule has 2 unspecified atom stereocenters. The van der Waals surface area contributed by atoms with Crippen molar-refractivity contribution in [2.24, 2.45) is 5.92 Å². The van der Waals surface area contributed by atoms with Crippen molar-refractivity contribution >= 4 is 5.91 Å². The molecule has 0 saturated heterocycles. The minimum atomic E-state index is -0.149. The van der Waals surface area contributed by atoms with Crippen molar-refractivity contribution in [2.45, 2.75) is 33.6 Å². The maximum atomic E-state index is 11.3. The summed E-state index contributed by atoms with van der Waals surface area (Å²) >= 11 is 0. The van der Waals surface area contributed by atoms with Crippen molar-refractivity contribution in [1.82, 2.24) is 5.16 Å². The number of hydrogen-bond acceptors (Lipinski definition) is 3. The van der Waals surface area contributed by atoms with E-state index in [9.17, 15) is 4.79 Å². The van der Waals surface area contributed by atoms with Gasteiger partial charge in [0.25, 0.3) is 0 Å². The topological polar surface area (TPSA) is 57.2 Å².